The molecular formula is C18H14O2Pt. The van der Waals surface area contributed by atoms with Gasteiger partial charge in [-0.1, -0.05) is 60.7 Å². The molecule has 2 aliphatic rings. The minimum Gasteiger partial charge on any atom is -0.554 e. The van der Waals surface area contributed by atoms with Crippen molar-refractivity contribution in [3.63, 3.8) is 0 Å². The Labute approximate surface area is 139 Å². The molecule has 0 atom stereocenters. The van der Waals surface area contributed by atoms with E-state index >= 15 is 0 Å². The van der Waals surface area contributed by atoms with Crippen molar-refractivity contribution < 1.29 is 30.5 Å². The molecule has 2 aliphatic heterocycles. The van der Waals surface area contributed by atoms with Crippen LogP contribution in [0.2, 0.25) is 0 Å². The van der Waals surface area contributed by atoms with Crippen LogP contribution in [0.5, 0.6) is 11.5 Å². The van der Waals surface area contributed by atoms with Crippen molar-refractivity contribution in [3.05, 3.63) is 85.0 Å². The van der Waals surface area contributed by atoms with Crippen molar-refractivity contribution in [2.75, 3.05) is 0 Å². The molecule has 0 aromatic heterocycles. The molecule has 0 saturated heterocycles. The molecule has 4 rings (SSSR count). The maximum Gasteiger partial charge on any atom is 2.00 e. The third-order valence-electron chi connectivity index (χ3n) is 2.94. The Hall–Kier alpha value is -2.05. The van der Waals surface area contributed by atoms with E-state index in [0.717, 1.165) is 22.6 Å². The largest absolute Gasteiger partial charge is 2.00 e. The first-order valence-corrected chi connectivity index (χ1v) is 6.45. The quantitative estimate of drug-likeness (QED) is 0.543. The average molecular weight is 457 g/mol. The predicted octanol–water partition coefficient (Wildman–Crippen LogP) is 4.51. The fraction of sp³-hybridized carbons (Fsp3) is 0. The molecule has 3 heteroatoms. The van der Waals surface area contributed by atoms with E-state index in [1.165, 1.54) is 0 Å². The summed E-state index contributed by atoms with van der Waals surface area (Å²) in [5.74, 6) is 1.87. The Morgan fingerprint density at radius 3 is 1.48 bits per heavy atom. The summed E-state index contributed by atoms with van der Waals surface area (Å²) < 4.78 is 10.4. The fourth-order valence-corrected chi connectivity index (χ4v) is 1.96. The van der Waals surface area contributed by atoms with Crippen molar-refractivity contribution in [3.8, 4) is 11.5 Å². The van der Waals surface area contributed by atoms with E-state index in [4.69, 9.17) is 9.47 Å². The summed E-state index contributed by atoms with van der Waals surface area (Å²) in [6.45, 7) is 3.37. The number of rotatable bonds is 0. The Morgan fingerprint density at radius 1 is 0.619 bits per heavy atom. The molecule has 0 saturated carbocycles. The second-order valence-electron chi connectivity index (χ2n) is 4.30. The number of hydrogen-bond acceptors (Lipinski definition) is 2. The van der Waals surface area contributed by atoms with E-state index in [9.17, 15) is 0 Å². The van der Waals surface area contributed by atoms with Gasteiger partial charge in [0.15, 0.2) is 0 Å². The monoisotopic (exact) mass is 457 g/mol. The Bertz CT molecular complexity index is 590. The zero-order chi connectivity index (χ0) is 13.6. The van der Waals surface area contributed by atoms with Gasteiger partial charge in [-0.25, -0.2) is 0 Å². The number of para-hydroxylation sites is 2. The van der Waals surface area contributed by atoms with Crippen molar-refractivity contribution in [2.45, 2.75) is 0 Å². The van der Waals surface area contributed by atoms with Crippen LogP contribution < -0.4 is 9.47 Å². The van der Waals surface area contributed by atoms with Crippen LogP contribution in [0.4, 0.5) is 0 Å². The van der Waals surface area contributed by atoms with Gasteiger partial charge < -0.3 is 9.47 Å². The van der Waals surface area contributed by atoms with Crippen LogP contribution in [0.25, 0.3) is 12.2 Å². The zero-order valence-corrected chi connectivity index (χ0v) is 13.5. The number of fused-ring (bicyclic) bond motifs is 2. The van der Waals surface area contributed by atoms with E-state index < -0.39 is 0 Å². The summed E-state index contributed by atoms with van der Waals surface area (Å²) in [5.41, 5.74) is 2.29. The summed E-state index contributed by atoms with van der Waals surface area (Å²) >= 11 is 0. The summed E-state index contributed by atoms with van der Waals surface area (Å²) in [5, 5.41) is 0. The molecule has 2 heterocycles. The summed E-state index contributed by atoms with van der Waals surface area (Å²) in [4.78, 5) is 0. The first-order valence-electron chi connectivity index (χ1n) is 6.45. The van der Waals surface area contributed by atoms with Gasteiger partial charge in [0.2, 0.25) is 0 Å². The molecule has 2 aromatic carbocycles. The molecule has 0 radical (unpaired) electrons. The molecular weight excluding hydrogens is 443 g/mol. The molecule has 0 bridgehead atoms. The summed E-state index contributed by atoms with van der Waals surface area (Å²) in [6.07, 6.45) is 7.84. The SMILES string of the molecule is C1=Cc2ccccc2O[CH-]1.C1=Cc2ccccc2O[CH-]1.[Pt+2]. The standard InChI is InChI=1S/2C9H7O.Pt/c2*1-2-6-9-8(4-1)5-3-7-10-9;/h2*1-7H;/q2*-1;+2. The van der Waals surface area contributed by atoms with E-state index in [1.54, 1.807) is 13.2 Å². The summed E-state index contributed by atoms with van der Waals surface area (Å²) in [7, 11) is 0. The van der Waals surface area contributed by atoms with Crippen molar-refractivity contribution in [1.82, 2.24) is 0 Å². The topological polar surface area (TPSA) is 18.5 Å². The van der Waals surface area contributed by atoms with E-state index in [-0.39, 0.29) is 21.1 Å². The molecule has 0 N–H and O–H groups in total. The number of hydrogen-bond donors (Lipinski definition) is 0. The second kappa shape index (κ2) is 7.66. The van der Waals surface area contributed by atoms with Gasteiger partial charge in [-0.3, -0.25) is 0 Å². The van der Waals surface area contributed by atoms with Gasteiger partial charge in [0.1, 0.15) is 0 Å². The molecule has 21 heavy (non-hydrogen) atoms. The Morgan fingerprint density at radius 2 is 1.05 bits per heavy atom. The summed E-state index contributed by atoms with van der Waals surface area (Å²) in [6, 6.07) is 15.9. The van der Waals surface area contributed by atoms with Crippen LogP contribution in [-0.4, -0.2) is 0 Å². The van der Waals surface area contributed by atoms with Gasteiger partial charge >= 0.3 is 21.1 Å². The second-order valence-corrected chi connectivity index (χ2v) is 4.30. The average Bonchev–Trinajstić information content (AvgIpc) is 2.56. The van der Waals surface area contributed by atoms with Gasteiger partial charge in [-0.2, -0.15) is 24.3 Å². The maximum absolute atomic E-state index is 5.21. The van der Waals surface area contributed by atoms with Crippen LogP contribution in [0.3, 0.4) is 0 Å². The Kier molecular flexibility index (Phi) is 5.59. The molecule has 2 nitrogen and oxygen atoms in total. The van der Waals surface area contributed by atoms with Gasteiger partial charge in [-0.05, 0) is 12.1 Å². The third kappa shape index (κ3) is 3.96. The van der Waals surface area contributed by atoms with Gasteiger partial charge in [0.25, 0.3) is 0 Å². The maximum atomic E-state index is 5.21. The molecule has 2 aromatic rings. The van der Waals surface area contributed by atoms with E-state index in [1.807, 2.05) is 72.8 Å². The number of benzene rings is 2. The zero-order valence-electron chi connectivity index (χ0n) is 11.2. The van der Waals surface area contributed by atoms with Crippen LogP contribution in [-0.2, 0) is 21.1 Å². The normalized spacial score (nSPS) is 12.6. The van der Waals surface area contributed by atoms with Crippen LogP contribution in [0.1, 0.15) is 11.1 Å². The van der Waals surface area contributed by atoms with Crippen LogP contribution in [0, 0.1) is 13.2 Å². The minimum absolute atomic E-state index is 0. The van der Waals surface area contributed by atoms with Gasteiger partial charge in [-0.15, -0.1) is 0 Å². The molecule has 0 spiro atoms. The molecule has 0 unspecified atom stereocenters. The molecule has 0 fully saturated rings. The van der Waals surface area contributed by atoms with Crippen LogP contribution >= 0.6 is 0 Å². The molecule has 0 aliphatic carbocycles. The Balaban J connectivity index is 0.000000147. The first kappa shape index (κ1) is 15.3. The fourth-order valence-electron chi connectivity index (χ4n) is 1.96. The van der Waals surface area contributed by atoms with Crippen molar-refractivity contribution >= 4 is 12.2 Å². The third-order valence-corrected chi connectivity index (χ3v) is 2.94. The van der Waals surface area contributed by atoms with E-state index in [0.29, 0.717) is 0 Å². The van der Waals surface area contributed by atoms with Crippen molar-refractivity contribution in [1.29, 1.82) is 0 Å². The first-order chi connectivity index (χ1) is 9.93. The van der Waals surface area contributed by atoms with Crippen molar-refractivity contribution in [2.24, 2.45) is 0 Å². The van der Waals surface area contributed by atoms with Gasteiger partial charge in [0, 0.05) is 0 Å². The predicted molar refractivity (Wildman–Crippen MR) is 80.8 cm³/mol. The van der Waals surface area contributed by atoms with Crippen LogP contribution in [0.15, 0.2) is 60.7 Å². The number of ether oxygens (including phenoxy) is 2. The molecule has 108 valence electrons. The van der Waals surface area contributed by atoms with E-state index in [2.05, 4.69) is 0 Å². The molecule has 0 amide bonds. The van der Waals surface area contributed by atoms with Gasteiger partial charge in [0.05, 0.1) is 11.5 Å². The smallest absolute Gasteiger partial charge is 0.554 e. The minimum atomic E-state index is 0.